The Morgan fingerprint density at radius 3 is 2.44 bits per heavy atom. The van der Waals surface area contributed by atoms with Gasteiger partial charge in [-0.2, -0.15) is 11.8 Å². The highest BCUT2D eigenvalue weighted by molar-refractivity contribution is 7.99. The molecule has 96 valence electrons. The summed E-state index contributed by atoms with van der Waals surface area (Å²) in [6.07, 6.45) is 7.11. The third-order valence-corrected chi connectivity index (χ3v) is 5.03. The predicted molar refractivity (Wildman–Crippen MR) is 76.2 cm³/mol. The molecule has 1 nitrogen and oxygen atoms in total. The molecule has 0 amide bonds. The first-order valence-corrected chi connectivity index (χ1v) is 8.24. The highest BCUT2D eigenvalue weighted by Crippen LogP contribution is 2.31. The second-order valence-corrected chi connectivity index (χ2v) is 6.41. The van der Waals surface area contributed by atoms with E-state index in [1.807, 2.05) is 0 Å². The Balaban J connectivity index is 2.30. The van der Waals surface area contributed by atoms with E-state index < -0.39 is 0 Å². The van der Waals surface area contributed by atoms with Crippen LogP contribution in [0.4, 0.5) is 0 Å². The smallest absolute Gasteiger partial charge is 0.0186 e. The van der Waals surface area contributed by atoms with Crippen LogP contribution in [0.3, 0.4) is 0 Å². The number of rotatable bonds is 7. The van der Waals surface area contributed by atoms with Crippen molar-refractivity contribution in [1.29, 1.82) is 0 Å². The molecule has 1 atom stereocenters. The van der Waals surface area contributed by atoms with Gasteiger partial charge in [-0.3, -0.25) is 0 Å². The highest BCUT2D eigenvalue weighted by atomic mass is 32.2. The zero-order chi connectivity index (χ0) is 11.8. The molecular weight excluding hydrogens is 214 g/mol. The van der Waals surface area contributed by atoms with Crippen LogP contribution in [0.1, 0.15) is 52.9 Å². The summed E-state index contributed by atoms with van der Waals surface area (Å²) in [6, 6.07) is 0.772. The van der Waals surface area contributed by atoms with Crippen molar-refractivity contribution in [3.63, 3.8) is 0 Å². The van der Waals surface area contributed by atoms with Crippen LogP contribution in [0.25, 0.3) is 0 Å². The molecule has 2 heteroatoms. The molecule has 1 aliphatic rings. The SMILES string of the molecule is CCCSCC(NCC)C1CCC(C)CC1. The van der Waals surface area contributed by atoms with Crippen molar-refractivity contribution >= 4 is 11.8 Å². The maximum absolute atomic E-state index is 3.71. The standard InChI is InChI=1S/C14H29NS/c1-4-10-16-11-14(15-5-2)13-8-6-12(3)7-9-13/h12-15H,4-11H2,1-3H3. The molecule has 1 unspecified atom stereocenters. The van der Waals surface area contributed by atoms with Gasteiger partial charge in [-0.25, -0.2) is 0 Å². The lowest BCUT2D eigenvalue weighted by molar-refractivity contribution is 0.243. The molecule has 0 saturated heterocycles. The molecular formula is C14H29NS. The van der Waals surface area contributed by atoms with Crippen molar-refractivity contribution in [3.05, 3.63) is 0 Å². The van der Waals surface area contributed by atoms with Crippen LogP contribution in [0.15, 0.2) is 0 Å². The fourth-order valence-electron chi connectivity index (χ4n) is 2.67. The first-order valence-electron chi connectivity index (χ1n) is 7.09. The van der Waals surface area contributed by atoms with Crippen molar-refractivity contribution in [2.24, 2.45) is 11.8 Å². The monoisotopic (exact) mass is 243 g/mol. The minimum Gasteiger partial charge on any atom is -0.313 e. The van der Waals surface area contributed by atoms with Crippen molar-refractivity contribution < 1.29 is 0 Å². The Hall–Kier alpha value is 0.310. The average Bonchev–Trinajstić information content (AvgIpc) is 2.29. The molecule has 1 rings (SSSR count). The van der Waals surface area contributed by atoms with Crippen LogP contribution in [0, 0.1) is 11.8 Å². The van der Waals surface area contributed by atoms with E-state index >= 15 is 0 Å². The third-order valence-electron chi connectivity index (χ3n) is 3.74. The van der Waals surface area contributed by atoms with Crippen LogP contribution in [-0.4, -0.2) is 24.1 Å². The van der Waals surface area contributed by atoms with Gasteiger partial charge in [0.05, 0.1) is 0 Å². The molecule has 0 aromatic rings. The fourth-order valence-corrected chi connectivity index (χ4v) is 3.77. The molecule has 16 heavy (non-hydrogen) atoms. The summed E-state index contributed by atoms with van der Waals surface area (Å²) in [5.74, 6) is 4.56. The topological polar surface area (TPSA) is 12.0 Å². The Kier molecular flexibility index (Phi) is 7.55. The van der Waals surface area contributed by atoms with E-state index in [0.29, 0.717) is 0 Å². The molecule has 0 bridgehead atoms. The van der Waals surface area contributed by atoms with Crippen LogP contribution < -0.4 is 5.32 Å². The summed E-state index contributed by atoms with van der Waals surface area (Å²) in [4.78, 5) is 0. The second kappa shape index (κ2) is 8.41. The summed E-state index contributed by atoms with van der Waals surface area (Å²) in [5.41, 5.74) is 0. The number of hydrogen-bond acceptors (Lipinski definition) is 2. The van der Waals surface area contributed by atoms with E-state index in [2.05, 4.69) is 37.8 Å². The first kappa shape index (κ1) is 14.4. The quantitative estimate of drug-likeness (QED) is 0.680. The Labute approximate surface area is 106 Å². The Morgan fingerprint density at radius 1 is 1.19 bits per heavy atom. The van der Waals surface area contributed by atoms with E-state index in [1.165, 1.54) is 43.6 Å². The van der Waals surface area contributed by atoms with Gasteiger partial charge in [0.15, 0.2) is 0 Å². The molecule has 1 fully saturated rings. The molecule has 0 heterocycles. The molecule has 0 aromatic carbocycles. The highest BCUT2D eigenvalue weighted by Gasteiger charge is 2.25. The van der Waals surface area contributed by atoms with Crippen LogP contribution in [0.5, 0.6) is 0 Å². The van der Waals surface area contributed by atoms with Gasteiger partial charge in [0.25, 0.3) is 0 Å². The van der Waals surface area contributed by atoms with Crippen LogP contribution in [0.2, 0.25) is 0 Å². The van der Waals surface area contributed by atoms with Crippen molar-refractivity contribution in [2.45, 2.75) is 58.9 Å². The van der Waals surface area contributed by atoms with E-state index in [1.54, 1.807) is 0 Å². The fraction of sp³-hybridized carbons (Fsp3) is 1.00. The molecule has 0 aliphatic heterocycles. The molecule has 0 spiro atoms. The predicted octanol–water partition coefficient (Wildman–Crippen LogP) is 3.93. The Morgan fingerprint density at radius 2 is 1.88 bits per heavy atom. The van der Waals surface area contributed by atoms with E-state index in [-0.39, 0.29) is 0 Å². The van der Waals surface area contributed by atoms with Gasteiger partial charge in [0.1, 0.15) is 0 Å². The zero-order valence-corrected chi connectivity index (χ0v) is 12.1. The minimum absolute atomic E-state index is 0.772. The third kappa shape index (κ3) is 5.09. The minimum atomic E-state index is 0.772. The number of thioether (sulfide) groups is 1. The van der Waals surface area contributed by atoms with E-state index in [4.69, 9.17) is 0 Å². The van der Waals surface area contributed by atoms with Gasteiger partial charge in [-0.1, -0.05) is 33.6 Å². The lowest BCUT2D eigenvalue weighted by atomic mass is 9.79. The normalized spacial score (nSPS) is 27.9. The maximum Gasteiger partial charge on any atom is 0.0186 e. The molecule has 1 aliphatic carbocycles. The van der Waals surface area contributed by atoms with Crippen molar-refractivity contribution in [3.8, 4) is 0 Å². The first-order chi connectivity index (χ1) is 7.77. The number of nitrogens with one attached hydrogen (secondary N) is 1. The summed E-state index contributed by atoms with van der Waals surface area (Å²) < 4.78 is 0. The zero-order valence-electron chi connectivity index (χ0n) is 11.3. The van der Waals surface area contributed by atoms with Gasteiger partial charge in [-0.15, -0.1) is 0 Å². The van der Waals surface area contributed by atoms with Gasteiger partial charge < -0.3 is 5.32 Å². The largest absolute Gasteiger partial charge is 0.313 e. The van der Waals surface area contributed by atoms with Crippen LogP contribution in [-0.2, 0) is 0 Å². The van der Waals surface area contributed by atoms with Crippen molar-refractivity contribution in [1.82, 2.24) is 5.32 Å². The Bertz CT molecular complexity index is 164. The molecule has 0 aromatic heterocycles. The maximum atomic E-state index is 3.71. The molecule has 1 N–H and O–H groups in total. The van der Waals surface area contributed by atoms with E-state index in [0.717, 1.165) is 24.4 Å². The average molecular weight is 243 g/mol. The summed E-state index contributed by atoms with van der Waals surface area (Å²) in [5, 5.41) is 3.71. The van der Waals surface area contributed by atoms with Crippen molar-refractivity contribution in [2.75, 3.05) is 18.1 Å². The summed E-state index contributed by atoms with van der Waals surface area (Å²) in [7, 11) is 0. The van der Waals surface area contributed by atoms with E-state index in [9.17, 15) is 0 Å². The summed E-state index contributed by atoms with van der Waals surface area (Å²) >= 11 is 2.13. The molecule has 0 radical (unpaired) electrons. The molecule has 1 saturated carbocycles. The van der Waals surface area contributed by atoms with Gasteiger partial charge >= 0.3 is 0 Å². The van der Waals surface area contributed by atoms with Crippen LogP contribution >= 0.6 is 11.8 Å². The second-order valence-electron chi connectivity index (χ2n) is 5.26. The van der Waals surface area contributed by atoms with Gasteiger partial charge in [0.2, 0.25) is 0 Å². The van der Waals surface area contributed by atoms with Gasteiger partial charge in [-0.05, 0) is 43.4 Å². The lowest BCUT2D eigenvalue weighted by Gasteiger charge is -2.33. The summed E-state index contributed by atoms with van der Waals surface area (Å²) in [6.45, 7) is 8.05. The lowest BCUT2D eigenvalue weighted by Crippen LogP contribution is -2.39. The number of hydrogen-bond donors (Lipinski definition) is 1. The van der Waals surface area contributed by atoms with Gasteiger partial charge in [0, 0.05) is 11.8 Å².